The summed E-state index contributed by atoms with van der Waals surface area (Å²) in [6, 6.07) is 5.55. The highest BCUT2D eigenvalue weighted by Crippen LogP contribution is 2.26. The SMILES string of the molecule is CCCCOc1cc(Cl)cc(OCCCC)c1. The molecule has 0 spiro atoms. The van der Waals surface area contributed by atoms with Gasteiger partial charge < -0.3 is 9.47 Å². The van der Waals surface area contributed by atoms with E-state index in [1.807, 2.05) is 18.2 Å². The van der Waals surface area contributed by atoms with Crippen LogP contribution in [0.25, 0.3) is 0 Å². The number of halogens is 1. The van der Waals surface area contributed by atoms with E-state index in [0.717, 1.165) is 50.4 Å². The molecule has 0 aliphatic heterocycles. The molecule has 0 saturated carbocycles. The maximum Gasteiger partial charge on any atom is 0.124 e. The minimum atomic E-state index is 0.658. The van der Waals surface area contributed by atoms with Crippen molar-refractivity contribution in [2.24, 2.45) is 0 Å². The Morgan fingerprint density at radius 3 is 1.76 bits per heavy atom. The van der Waals surface area contributed by atoms with Crippen LogP contribution in [0.15, 0.2) is 18.2 Å². The molecule has 1 aromatic rings. The average Bonchev–Trinajstić information content (AvgIpc) is 2.29. The first kappa shape index (κ1) is 14.2. The molecule has 0 heterocycles. The van der Waals surface area contributed by atoms with Gasteiger partial charge in [0.2, 0.25) is 0 Å². The second-order valence-electron chi connectivity index (χ2n) is 4.03. The van der Waals surface area contributed by atoms with E-state index in [1.165, 1.54) is 0 Å². The second-order valence-corrected chi connectivity index (χ2v) is 4.46. The van der Waals surface area contributed by atoms with E-state index in [2.05, 4.69) is 13.8 Å². The van der Waals surface area contributed by atoms with Crippen LogP contribution >= 0.6 is 11.6 Å². The molecular weight excluding hydrogens is 236 g/mol. The molecule has 96 valence electrons. The summed E-state index contributed by atoms with van der Waals surface area (Å²) in [7, 11) is 0. The van der Waals surface area contributed by atoms with Crippen molar-refractivity contribution in [2.75, 3.05) is 13.2 Å². The smallest absolute Gasteiger partial charge is 0.124 e. The highest BCUT2D eigenvalue weighted by Gasteiger charge is 2.01. The molecule has 1 aromatic carbocycles. The third-order valence-electron chi connectivity index (χ3n) is 2.38. The van der Waals surface area contributed by atoms with Crippen LogP contribution in [0.3, 0.4) is 0 Å². The zero-order valence-electron chi connectivity index (χ0n) is 10.7. The maximum atomic E-state index is 6.02. The first-order chi connectivity index (χ1) is 8.26. The van der Waals surface area contributed by atoms with Crippen LogP contribution < -0.4 is 9.47 Å². The number of hydrogen-bond donors (Lipinski definition) is 0. The van der Waals surface area contributed by atoms with E-state index in [1.54, 1.807) is 0 Å². The lowest BCUT2D eigenvalue weighted by Crippen LogP contribution is -1.99. The molecule has 0 amide bonds. The Morgan fingerprint density at radius 1 is 0.882 bits per heavy atom. The predicted octanol–water partition coefficient (Wildman–Crippen LogP) is 4.70. The van der Waals surface area contributed by atoms with Gasteiger partial charge in [0.25, 0.3) is 0 Å². The molecule has 0 saturated heterocycles. The van der Waals surface area contributed by atoms with Crippen LogP contribution in [-0.2, 0) is 0 Å². The molecule has 3 heteroatoms. The van der Waals surface area contributed by atoms with Gasteiger partial charge in [0.15, 0.2) is 0 Å². The van der Waals surface area contributed by atoms with Crippen LogP contribution in [0.5, 0.6) is 11.5 Å². The summed E-state index contributed by atoms with van der Waals surface area (Å²) in [5, 5.41) is 0.658. The summed E-state index contributed by atoms with van der Waals surface area (Å²) in [6.07, 6.45) is 4.36. The molecule has 2 nitrogen and oxygen atoms in total. The first-order valence-corrected chi connectivity index (χ1v) is 6.70. The third kappa shape index (κ3) is 5.83. The molecule has 0 aliphatic rings. The van der Waals surface area contributed by atoms with Gasteiger partial charge in [-0.15, -0.1) is 0 Å². The molecule has 0 radical (unpaired) electrons. The number of hydrogen-bond acceptors (Lipinski definition) is 2. The lowest BCUT2D eigenvalue weighted by atomic mass is 10.3. The van der Waals surface area contributed by atoms with E-state index >= 15 is 0 Å². The van der Waals surface area contributed by atoms with Gasteiger partial charge >= 0.3 is 0 Å². The van der Waals surface area contributed by atoms with Crippen molar-refractivity contribution in [3.05, 3.63) is 23.2 Å². The fourth-order valence-corrected chi connectivity index (χ4v) is 1.59. The maximum absolute atomic E-state index is 6.02. The van der Waals surface area contributed by atoms with Crippen molar-refractivity contribution in [1.29, 1.82) is 0 Å². The topological polar surface area (TPSA) is 18.5 Å². The Kier molecular flexibility index (Phi) is 6.87. The molecule has 0 aromatic heterocycles. The minimum Gasteiger partial charge on any atom is -0.493 e. The number of rotatable bonds is 8. The van der Waals surface area contributed by atoms with Gasteiger partial charge in [-0.3, -0.25) is 0 Å². The zero-order valence-corrected chi connectivity index (χ0v) is 11.4. The summed E-state index contributed by atoms with van der Waals surface area (Å²) < 4.78 is 11.2. The summed E-state index contributed by atoms with van der Waals surface area (Å²) >= 11 is 6.02. The van der Waals surface area contributed by atoms with Crippen LogP contribution in [0, 0.1) is 0 Å². The van der Waals surface area contributed by atoms with E-state index in [9.17, 15) is 0 Å². The van der Waals surface area contributed by atoms with E-state index < -0.39 is 0 Å². The molecular formula is C14H21ClO2. The summed E-state index contributed by atoms with van der Waals surface area (Å²) in [5.74, 6) is 1.58. The average molecular weight is 257 g/mol. The van der Waals surface area contributed by atoms with Crippen molar-refractivity contribution in [3.63, 3.8) is 0 Å². The van der Waals surface area contributed by atoms with Gasteiger partial charge in [0.05, 0.1) is 13.2 Å². The van der Waals surface area contributed by atoms with Gasteiger partial charge in [-0.1, -0.05) is 38.3 Å². The van der Waals surface area contributed by atoms with E-state index in [4.69, 9.17) is 21.1 Å². The van der Waals surface area contributed by atoms with E-state index in [-0.39, 0.29) is 0 Å². The molecule has 17 heavy (non-hydrogen) atoms. The van der Waals surface area contributed by atoms with Gasteiger partial charge in [0.1, 0.15) is 11.5 Å². The first-order valence-electron chi connectivity index (χ1n) is 6.32. The number of benzene rings is 1. The lowest BCUT2D eigenvalue weighted by Gasteiger charge is -2.10. The lowest BCUT2D eigenvalue weighted by molar-refractivity contribution is 0.294. The Morgan fingerprint density at radius 2 is 1.35 bits per heavy atom. The molecule has 0 atom stereocenters. The zero-order chi connectivity index (χ0) is 12.5. The number of unbranched alkanes of at least 4 members (excludes halogenated alkanes) is 2. The van der Waals surface area contributed by atoms with Gasteiger partial charge in [0, 0.05) is 11.1 Å². The summed E-state index contributed by atoms with van der Waals surface area (Å²) in [5.41, 5.74) is 0. The quantitative estimate of drug-likeness (QED) is 0.628. The largest absolute Gasteiger partial charge is 0.493 e. The van der Waals surface area contributed by atoms with Gasteiger partial charge in [-0.05, 0) is 25.0 Å². The third-order valence-corrected chi connectivity index (χ3v) is 2.60. The van der Waals surface area contributed by atoms with Crippen LogP contribution in [0.1, 0.15) is 39.5 Å². The molecule has 0 bridgehead atoms. The standard InChI is InChI=1S/C14H21ClO2/c1-3-5-7-16-13-9-12(15)10-14(11-13)17-8-6-4-2/h9-11H,3-8H2,1-2H3. The second kappa shape index (κ2) is 8.24. The highest BCUT2D eigenvalue weighted by molar-refractivity contribution is 6.30. The Labute approximate surface area is 109 Å². The number of ether oxygens (including phenoxy) is 2. The van der Waals surface area contributed by atoms with Crippen molar-refractivity contribution in [3.8, 4) is 11.5 Å². The molecule has 0 aliphatic carbocycles. The highest BCUT2D eigenvalue weighted by atomic mass is 35.5. The Bertz CT molecular complexity index is 298. The summed E-state index contributed by atoms with van der Waals surface area (Å²) in [6.45, 7) is 5.73. The van der Waals surface area contributed by atoms with Gasteiger partial charge in [-0.2, -0.15) is 0 Å². The normalized spacial score (nSPS) is 10.3. The van der Waals surface area contributed by atoms with Crippen LogP contribution in [-0.4, -0.2) is 13.2 Å². The van der Waals surface area contributed by atoms with Crippen LogP contribution in [0.4, 0.5) is 0 Å². The van der Waals surface area contributed by atoms with Gasteiger partial charge in [-0.25, -0.2) is 0 Å². The summed E-state index contributed by atoms with van der Waals surface area (Å²) in [4.78, 5) is 0. The molecule has 0 fully saturated rings. The molecule has 0 unspecified atom stereocenters. The van der Waals surface area contributed by atoms with Crippen molar-refractivity contribution >= 4 is 11.6 Å². The monoisotopic (exact) mass is 256 g/mol. The van der Waals surface area contributed by atoms with Crippen molar-refractivity contribution < 1.29 is 9.47 Å². The molecule has 1 rings (SSSR count). The molecule has 0 N–H and O–H groups in total. The predicted molar refractivity (Wildman–Crippen MR) is 72.3 cm³/mol. The van der Waals surface area contributed by atoms with Crippen molar-refractivity contribution in [2.45, 2.75) is 39.5 Å². The Balaban J connectivity index is 2.53. The van der Waals surface area contributed by atoms with E-state index in [0.29, 0.717) is 5.02 Å². The van der Waals surface area contributed by atoms with Crippen molar-refractivity contribution in [1.82, 2.24) is 0 Å². The Hall–Kier alpha value is -0.890. The fraction of sp³-hybridized carbons (Fsp3) is 0.571. The van der Waals surface area contributed by atoms with Crippen LogP contribution in [0.2, 0.25) is 5.02 Å². The fourth-order valence-electron chi connectivity index (χ4n) is 1.37. The minimum absolute atomic E-state index is 0.658.